The Morgan fingerprint density at radius 2 is 1.78 bits per heavy atom. The number of nitrogens with zero attached hydrogens (tertiary/aromatic N) is 2. The summed E-state index contributed by atoms with van der Waals surface area (Å²) in [5.74, 6) is -1.02. The van der Waals surface area contributed by atoms with Crippen molar-refractivity contribution in [1.29, 1.82) is 0 Å². The Morgan fingerprint density at radius 3 is 2.22 bits per heavy atom. The molecule has 1 amide bonds. The van der Waals surface area contributed by atoms with E-state index in [9.17, 15) is 9.59 Å². The van der Waals surface area contributed by atoms with Gasteiger partial charge in [-0.15, -0.1) is 0 Å². The molecule has 0 aromatic carbocycles. The van der Waals surface area contributed by atoms with Gasteiger partial charge in [0, 0.05) is 26.2 Å². The molecule has 6 nitrogen and oxygen atoms in total. The van der Waals surface area contributed by atoms with Crippen LogP contribution >= 0.6 is 0 Å². The number of carboxylic acid groups (broad SMARTS) is 1. The van der Waals surface area contributed by atoms with Crippen molar-refractivity contribution in [3.8, 4) is 0 Å². The first-order chi connectivity index (χ1) is 8.41. The highest BCUT2D eigenvalue weighted by atomic mass is 16.4. The van der Waals surface area contributed by atoms with Crippen LogP contribution in [0, 0.1) is 5.92 Å². The number of amides is 1. The van der Waals surface area contributed by atoms with Crippen molar-refractivity contribution in [2.75, 3.05) is 39.8 Å². The Morgan fingerprint density at radius 1 is 1.22 bits per heavy atom. The monoisotopic (exact) mass is 257 g/mol. The van der Waals surface area contributed by atoms with Crippen LogP contribution in [0.4, 0.5) is 0 Å². The van der Waals surface area contributed by atoms with E-state index in [-0.39, 0.29) is 24.4 Å². The van der Waals surface area contributed by atoms with Crippen LogP contribution in [-0.2, 0) is 9.59 Å². The first-order valence-electron chi connectivity index (χ1n) is 6.34. The van der Waals surface area contributed by atoms with E-state index in [1.165, 1.54) is 0 Å². The minimum Gasteiger partial charge on any atom is -0.480 e. The standard InChI is InChI=1S/C12H23N3O3/c1-9(2)11(12(18)13-8-10(16)17)15-6-4-14(3)5-7-15/h9,11H,4-8H2,1-3H3,(H,13,18)(H,16,17). The molecule has 1 atom stereocenters. The Balaban J connectivity index is 2.58. The highest BCUT2D eigenvalue weighted by Gasteiger charge is 2.30. The fourth-order valence-electron chi connectivity index (χ4n) is 2.26. The fraction of sp³-hybridized carbons (Fsp3) is 0.833. The van der Waals surface area contributed by atoms with E-state index >= 15 is 0 Å². The molecule has 0 spiro atoms. The van der Waals surface area contributed by atoms with Crippen molar-refractivity contribution in [2.24, 2.45) is 5.92 Å². The van der Waals surface area contributed by atoms with E-state index in [0.717, 1.165) is 26.2 Å². The normalized spacial score (nSPS) is 19.8. The van der Waals surface area contributed by atoms with E-state index in [1.807, 2.05) is 13.8 Å². The van der Waals surface area contributed by atoms with Gasteiger partial charge in [-0.1, -0.05) is 13.8 Å². The van der Waals surface area contributed by atoms with Crippen molar-refractivity contribution in [1.82, 2.24) is 15.1 Å². The summed E-state index contributed by atoms with van der Waals surface area (Å²) in [7, 11) is 2.06. The number of likely N-dealkylation sites (N-methyl/N-ethyl adjacent to an activating group) is 1. The molecule has 1 unspecified atom stereocenters. The van der Waals surface area contributed by atoms with Crippen LogP contribution in [-0.4, -0.2) is 72.6 Å². The lowest BCUT2D eigenvalue weighted by molar-refractivity contribution is -0.139. The van der Waals surface area contributed by atoms with Crippen molar-refractivity contribution < 1.29 is 14.7 Å². The second-order valence-corrected chi connectivity index (χ2v) is 5.14. The molecule has 0 radical (unpaired) electrons. The lowest BCUT2D eigenvalue weighted by atomic mass is 10.0. The van der Waals surface area contributed by atoms with E-state index < -0.39 is 5.97 Å². The highest BCUT2D eigenvalue weighted by Crippen LogP contribution is 2.13. The third kappa shape index (κ3) is 4.27. The molecular formula is C12H23N3O3. The van der Waals surface area contributed by atoms with Crippen LogP contribution < -0.4 is 5.32 Å². The number of hydrogen-bond donors (Lipinski definition) is 2. The molecule has 0 aromatic heterocycles. The summed E-state index contributed by atoms with van der Waals surface area (Å²) in [5.41, 5.74) is 0. The van der Waals surface area contributed by atoms with E-state index in [1.54, 1.807) is 0 Å². The van der Waals surface area contributed by atoms with Gasteiger partial charge in [-0.25, -0.2) is 0 Å². The number of hydrogen-bond acceptors (Lipinski definition) is 4. The van der Waals surface area contributed by atoms with Crippen molar-refractivity contribution in [3.63, 3.8) is 0 Å². The van der Waals surface area contributed by atoms with Gasteiger partial charge in [0.2, 0.25) is 5.91 Å². The molecule has 6 heteroatoms. The fourth-order valence-corrected chi connectivity index (χ4v) is 2.26. The van der Waals surface area contributed by atoms with E-state index in [4.69, 9.17) is 5.11 Å². The molecule has 18 heavy (non-hydrogen) atoms. The molecule has 0 saturated carbocycles. The number of carbonyl (C=O) groups is 2. The molecular weight excluding hydrogens is 234 g/mol. The smallest absolute Gasteiger partial charge is 0.322 e. The van der Waals surface area contributed by atoms with Crippen LogP contribution in [0.1, 0.15) is 13.8 Å². The largest absolute Gasteiger partial charge is 0.480 e. The maximum atomic E-state index is 12.0. The summed E-state index contributed by atoms with van der Waals surface area (Å²) in [6.45, 7) is 7.24. The van der Waals surface area contributed by atoms with Crippen LogP contribution in [0.5, 0.6) is 0 Å². The number of rotatable bonds is 5. The summed E-state index contributed by atoms with van der Waals surface area (Å²) in [6, 6.07) is -0.238. The summed E-state index contributed by atoms with van der Waals surface area (Å²) in [6.07, 6.45) is 0. The average Bonchev–Trinajstić information content (AvgIpc) is 2.29. The molecule has 0 aliphatic carbocycles. The molecule has 1 heterocycles. The van der Waals surface area contributed by atoms with Gasteiger partial charge < -0.3 is 15.3 Å². The average molecular weight is 257 g/mol. The predicted octanol–water partition coefficient (Wildman–Crippen LogP) is -0.541. The molecule has 1 rings (SSSR count). The van der Waals surface area contributed by atoms with Gasteiger partial charge in [0.1, 0.15) is 6.54 Å². The number of aliphatic carboxylic acids is 1. The maximum absolute atomic E-state index is 12.0. The molecule has 1 aliphatic rings. The Bertz CT molecular complexity index is 299. The molecule has 1 fully saturated rings. The Labute approximate surface area is 108 Å². The summed E-state index contributed by atoms with van der Waals surface area (Å²) >= 11 is 0. The quantitative estimate of drug-likeness (QED) is 0.692. The number of nitrogens with one attached hydrogen (secondary N) is 1. The van der Waals surface area contributed by atoms with Crippen molar-refractivity contribution in [2.45, 2.75) is 19.9 Å². The number of carbonyl (C=O) groups excluding carboxylic acids is 1. The topological polar surface area (TPSA) is 72.9 Å². The minimum absolute atomic E-state index is 0.169. The molecule has 0 bridgehead atoms. The van der Waals surface area contributed by atoms with E-state index in [2.05, 4.69) is 22.2 Å². The molecule has 0 aromatic rings. The zero-order chi connectivity index (χ0) is 13.7. The molecule has 104 valence electrons. The SMILES string of the molecule is CC(C)C(C(=O)NCC(=O)O)N1CCN(C)CC1. The van der Waals surface area contributed by atoms with Crippen LogP contribution in [0.25, 0.3) is 0 Å². The third-order valence-electron chi connectivity index (χ3n) is 3.25. The molecule has 1 aliphatic heterocycles. The first-order valence-corrected chi connectivity index (χ1v) is 6.34. The zero-order valence-electron chi connectivity index (χ0n) is 11.3. The summed E-state index contributed by atoms with van der Waals surface area (Å²) < 4.78 is 0. The predicted molar refractivity (Wildman–Crippen MR) is 68.3 cm³/mol. The van der Waals surface area contributed by atoms with Crippen LogP contribution in [0.2, 0.25) is 0 Å². The van der Waals surface area contributed by atoms with Gasteiger partial charge in [0.25, 0.3) is 0 Å². The van der Waals surface area contributed by atoms with Gasteiger partial charge in [0.15, 0.2) is 0 Å². The second-order valence-electron chi connectivity index (χ2n) is 5.14. The molecule has 2 N–H and O–H groups in total. The van der Waals surface area contributed by atoms with Crippen molar-refractivity contribution >= 4 is 11.9 Å². The third-order valence-corrected chi connectivity index (χ3v) is 3.25. The van der Waals surface area contributed by atoms with Crippen LogP contribution in [0.3, 0.4) is 0 Å². The minimum atomic E-state index is -1.01. The summed E-state index contributed by atoms with van der Waals surface area (Å²) in [4.78, 5) is 26.9. The molecule has 1 saturated heterocycles. The van der Waals surface area contributed by atoms with Gasteiger partial charge >= 0.3 is 5.97 Å². The second kappa shape index (κ2) is 6.70. The van der Waals surface area contributed by atoms with Gasteiger partial charge in [-0.05, 0) is 13.0 Å². The van der Waals surface area contributed by atoms with Gasteiger partial charge in [0.05, 0.1) is 6.04 Å². The maximum Gasteiger partial charge on any atom is 0.322 e. The Hall–Kier alpha value is -1.14. The number of carboxylic acids is 1. The van der Waals surface area contributed by atoms with Gasteiger partial charge in [-0.2, -0.15) is 0 Å². The van der Waals surface area contributed by atoms with Crippen LogP contribution in [0.15, 0.2) is 0 Å². The first kappa shape index (κ1) is 14.9. The number of piperazine rings is 1. The zero-order valence-corrected chi connectivity index (χ0v) is 11.3. The van der Waals surface area contributed by atoms with Crippen molar-refractivity contribution in [3.05, 3.63) is 0 Å². The highest BCUT2D eigenvalue weighted by molar-refractivity contribution is 5.85. The van der Waals surface area contributed by atoms with Gasteiger partial charge in [-0.3, -0.25) is 14.5 Å². The lowest BCUT2D eigenvalue weighted by Crippen LogP contribution is -2.56. The summed E-state index contributed by atoms with van der Waals surface area (Å²) in [5, 5.41) is 11.1. The Kier molecular flexibility index (Phi) is 5.55. The van der Waals surface area contributed by atoms with E-state index in [0.29, 0.717) is 0 Å². The lowest BCUT2D eigenvalue weighted by Gasteiger charge is -2.38.